The number of rotatable bonds is 6. The number of fused-ring (bicyclic) bond motifs is 1. The van der Waals surface area contributed by atoms with Crippen LogP contribution in [-0.4, -0.2) is 53.5 Å². The maximum Gasteiger partial charge on any atom is 0.246 e. The summed E-state index contributed by atoms with van der Waals surface area (Å²) in [5.41, 5.74) is 3.57. The molecule has 1 aliphatic heterocycles. The summed E-state index contributed by atoms with van der Waals surface area (Å²) in [7, 11) is -3.75. The number of anilines is 1. The van der Waals surface area contributed by atoms with E-state index >= 15 is 0 Å². The van der Waals surface area contributed by atoms with E-state index in [0.717, 1.165) is 5.69 Å². The van der Waals surface area contributed by atoms with E-state index in [1.165, 1.54) is 39.3 Å². The van der Waals surface area contributed by atoms with Crippen molar-refractivity contribution in [2.75, 3.05) is 31.1 Å². The van der Waals surface area contributed by atoms with Gasteiger partial charge in [-0.2, -0.15) is 4.31 Å². The Morgan fingerprint density at radius 1 is 0.971 bits per heavy atom. The molecule has 0 spiro atoms. The highest BCUT2D eigenvalue weighted by Crippen LogP contribution is 2.27. The third-order valence-electron chi connectivity index (χ3n) is 5.87. The number of nitrogens with zero attached hydrogens (tertiary/aromatic N) is 5. The van der Waals surface area contributed by atoms with Gasteiger partial charge in [0.05, 0.1) is 0 Å². The predicted molar refractivity (Wildman–Crippen MR) is 131 cm³/mol. The molecule has 3 heterocycles. The number of aromatic nitrogens is 3. The first-order chi connectivity index (χ1) is 16.4. The molecule has 2 aromatic heterocycles. The lowest BCUT2D eigenvalue weighted by Gasteiger charge is -2.35. The van der Waals surface area contributed by atoms with Crippen LogP contribution in [0.15, 0.2) is 76.9 Å². The SMILES string of the molecule is Cc1cccc(CSc2nnc3c(S(=O)(=O)N4CCN(c5ccc(F)cc5)CC4)cccn23)c1. The lowest BCUT2D eigenvalue weighted by atomic mass is 10.2. The van der Waals surface area contributed by atoms with Crippen molar-refractivity contribution >= 4 is 33.1 Å². The van der Waals surface area contributed by atoms with Gasteiger partial charge >= 0.3 is 0 Å². The zero-order chi connectivity index (χ0) is 23.7. The summed E-state index contributed by atoms with van der Waals surface area (Å²) in [6.07, 6.45) is 1.79. The summed E-state index contributed by atoms with van der Waals surface area (Å²) >= 11 is 1.52. The minimum Gasteiger partial charge on any atom is -0.369 e. The number of hydrogen-bond donors (Lipinski definition) is 0. The minimum atomic E-state index is -3.75. The van der Waals surface area contributed by atoms with Crippen molar-refractivity contribution in [3.05, 3.63) is 83.8 Å². The average molecular weight is 498 g/mol. The van der Waals surface area contributed by atoms with E-state index in [-0.39, 0.29) is 10.7 Å². The molecule has 0 aliphatic carbocycles. The van der Waals surface area contributed by atoms with Gasteiger partial charge < -0.3 is 4.90 Å². The molecule has 0 bridgehead atoms. The van der Waals surface area contributed by atoms with Gasteiger partial charge in [0.15, 0.2) is 10.8 Å². The Balaban J connectivity index is 1.33. The summed E-state index contributed by atoms with van der Waals surface area (Å²) in [6.45, 7) is 3.78. The molecule has 4 aromatic rings. The first kappa shape index (κ1) is 22.8. The second-order valence-corrected chi connectivity index (χ2v) is 11.0. The molecule has 1 fully saturated rings. The van der Waals surface area contributed by atoms with Crippen LogP contribution in [0.25, 0.3) is 5.65 Å². The second kappa shape index (κ2) is 9.36. The molecule has 1 aliphatic rings. The highest BCUT2D eigenvalue weighted by molar-refractivity contribution is 7.98. The topological polar surface area (TPSA) is 70.8 Å². The van der Waals surface area contributed by atoms with Gasteiger partial charge in [0.1, 0.15) is 10.7 Å². The largest absolute Gasteiger partial charge is 0.369 e. The van der Waals surface area contributed by atoms with Gasteiger partial charge in [-0.3, -0.25) is 4.40 Å². The molecular weight excluding hydrogens is 473 g/mol. The molecule has 0 unspecified atom stereocenters. The summed E-state index contributed by atoms with van der Waals surface area (Å²) in [5, 5.41) is 9.13. The molecule has 0 radical (unpaired) electrons. The minimum absolute atomic E-state index is 0.153. The fraction of sp³-hybridized carbons (Fsp3) is 0.250. The van der Waals surface area contributed by atoms with Crippen molar-refractivity contribution in [1.82, 2.24) is 18.9 Å². The molecule has 34 heavy (non-hydrogen) atoms. The van der Waals surface area contributed by atoms with Gasteiger partial charge in [0.2, 0.25) is 10.0 Å². The van der Waals surface area contributed by atoms with Crippen molar-refractivity contribution in [2.24, 2.45) is 0 Å². The Kier molecular flexibility index (Phi) is 6.28. The maximum atomic E-state index is 13.5. The number of hydrogen-bond acceptors (Lipinski definition) is 6. The summed E-state index contributed by atoms with van der Waals surface area (Å²) in [4.78, 5) is 2.21. The van der Waals surface area contributed by atoms with E-state index in [9.17, 15) is 12.8 Å². The normalized spacial score (nSPS) is 15.2. The monoisotopic (exact) mass is 497 g/mol. The van der Waals surface area contributed by atoms with Crippen LogP contribution in [0.4, 0.5) is 10.1 Å². The third-order valence-corrected chi connectivity index (χ3v) is 8.80. The van der Waals surface area contributed by atoms with Gasteiger partial charge in [-0.25, -0.2) is 12.8 Å². The van der Waals surface area contributed by atoms with Gasteiger partial charge in [0, 0.05) is 43.8 Å². The Hall–Kier alpha value is -2.95. The van der Waals surface area contributed by atoms with Crippen molar-refractivity contribution in [2.45, 2.75) is 22.7 Å². The summed E-state index contributed by atoms with van der Waals surface area (Å²) in [5.74, 6) is 0.424. The Labute approximate surface area is 202 Å². The predicted octanol–water partition coefficient (Wildman–Crippen LogP) is 3.98. The van der Waals surface area contributed by atoms with Crippen molar-refractivity contribution in [3.8, 4) is 0 Å². The van der Waals surface area contributed by atoms with Gasteiger partial charge in [-0.1, -0.05) is 41.6 Å². The van der Waals surface area contributed by atoms with Crippen LogP contribution in [0.1, 0.15) is 11.1 Å². The second-order valence-electron chi connectivity index (χ2n) is 8.19. The van der Waals surface area contributed by atoms with E-state index in [1.807, 2.05) is 6.07 Å². The first-order valence-corrected chi connectivity index (χ1v) is 13.4. The van der Waals surface area contributed by atoms with Crippen LogP contribution < -0.4 is 4.90 Å². The highest BCUT2D eigenvalue weighted by atomic mass is 32.2. The van der Waals surface area contributed by atoms with Gasteiger partial charge in [0.25, 0.3) is 0 Å². The fourth-order valence-corrected chi connectivity index (χ4v) is 6.50. The molecule has 0 N–H and O–H groups in total. The van der Waals surface area contributed by atoms with Crippen LogP contribution >= 0.6 is 11.8 Å². The maximum absolute atomic E-state index is 13.5. The standard InChI is InChI=1S/C24H24FN5O2S2/c1-18-4-2-5-19(16-18)17-33-24-27-26-23-22(6-3-11-30(23)24)34(31,32)29-14-12-28(13-15-29)21-9-7-20(25)8-10-21/h2-11,16H,12-15,17H2,1H3. The number of piperazine rings is 1. The number of halogens is 1. The van der Waals surface area contributed by atoms with Crippen molar-refractivity contribution < 1.29 is 12.8 Å². The third kappa shape index (κ3) is 4.53. The van der Waals surface area contributed by atoms with Crippen LogP contribution in [0.3, 0.4) is 0 Å². The summed E-state index contributed by atoms with van der Waals surface area (Å²) < 4.78 is 43.4. The smallest absolute Gasteiger partial charge is 0.246 e. The number of pyridine rings is 1. The van der Waals surface area contributed by atoms with Crippen LogP contribution in [0.2, 0.25) is 0 Å². The fourth-order valence-electron chi connectivity index (χ4n) is 4.10. The van der Waals surface area contributed by atoms with E-state index in [1.54, 1.807) is 34.9 Å². The molecule has 0 amide bonds. The Morgan fingerprint density at radius 3 is 2.47 bits per heavy atom. The van der Waals surface area contributed by atoms with Crippen LogP contribution in [0, 0.1) is 12.7 Å². The van der Waals surface area contributed by atoms with Crippen LogP contribution in [-0.2, 0) is 15.8 Å². The molecule has 7 nitrogen and oxygen atoms in total. The lowest BCUT2D eigenvalue weighted by Crippen LogP contribution is -2.48. The van der Waals surface area contributed by atoms with Gasteiger partial charge in [-0.05, 0) is 48.9 Å². The molecule has 10 heteroatoms. The van der Waals surface area contributed by atoms with Gasteiger partial charge in [-0.15, -0.1) is 10.2 Å². The van der Waals surface area contributed by atoms with Crippen LogP contribution in [0.5, 0.6) is 0 Å². The quantitative estimate of drug-likeness (QED) is 0.376. The molecule has 0 atom stereocenters. The van der Waals surface area contributed by atoms with E-state index in [2.05, 4.69) is 40.2 Å². The molecule has 5 rings (SSSR count). The Bertz CT molecular complexity index is 1420. The molecule has 1 saturated heterocycles. The van der Waals surface area contributed by atoms with E-state index < -0.39 is 10.0 Å². The number of sulfonamides is 1. The van der Waals surface area contributed by atoms with E-state index in [0.29, 0.717) is 42.7 Å². The number of thioether (sulfide) groups is 1. The van der Waals surface area contributed by atoms with Crippen molar-refractivity contribution in [1.29, 1.82) is 0 Å². The molecule has 176 valence electrons. The average Bonchev–Trinajstić information content (AvgIpc) is 3.26. The molecule has 0 saturated carbocycles. The number of benzene rings is 2. The Morgan fingerprint density at radius 2 is 1.74 bits per heavy atom. The molecular formula is C24H24FN5O2S2. The van der Waals surface area contributed by atoms with Crippen molar-refractivity contribution in [3.63, 3.8) is 0 Å². The molecule has 2 aromatic carbocycles. The summed E-state index contributed by atoms with van der Waals surface area (Å²) in [6, 6.07) is 17.8. The lowest BCUT2D eigenvalue weighted by molar-refractivity contribution is 0.385. The highest BCUT2D eigenvalue weighted by Gasteiger charge is 2.31. The van der Waals surface area contributed by atoms with E-state index in [4.69, 9.17) is 0 Å². The zero-order valence-electron chi connectivity index (χ0n) is 18.6. The zero-order valence-corrected chi connectivity index (χ0v) is 20.3. The first-order valence-electron chi connectivity index (χ1n) is 10.9. The number of aryl methyl sites for hydroxylation is 1.